The van der Waals surface area contributed by atoms with Crippen LogP contribution in [0.25, 0.3) is 16.5 Å². The van der Waals surface area contributed by atoms with Crippen molar-refractivity contribution in [3.63, 3.8) is 0 Å². The lowest BCUT2D eigenvalue weighted by atomic mass is 9.78. The molecule has 1 aromatic heterocycles. The number of nitrogens with zero attached hydrogens (tertiary/aromatic N) is 2. The van der Waals surface area contributed by atoms with E-state index in [1.807, 2.05) is 31.2 Å². The molecule has 3 aromatic carbocycles. The van der Waals surface area contributed by atoms with Gasteiger partial charge in [-0.3, -0.25) is 4.57 Å². The van der Waals surface area contributed by atoms with E-state index in [9.17, 15) is 15.5 Å². The van der Waals surface area contributed by atoms with E-state index in [1.165, 1.54) is 4.57 Å². The van der Waals surface area contributed by atoms with E-state index in [-0.39, 0.29) is 18.4 Å². The number of hydrogen-bond donors (Lipinski definition) is 2. The Morgan fingerprint density at radius 2 is 1.78 bits per heavy atom. The van der Waals surface area contributed by atoms with Gasteiger partial charge in [0.25, 0.3) is 0 Å². The van der Waals surface area contributed by atoms with Gasteiger partial charge in [0.2, 0.25) is 11.8 Å². The van der Waals surface area contributed by atoms with Crippen LogP contribution < -0.4 is 4.74 Å². The van der Waals surface area contributed by atoms with Gasteiger partial charge in [-0.15, -0.1) is 0 Å². The summed E-state index contributed by atoms with van der Waals surface area (Å²) in [5, 5.41) is 35.0. The predicted octanol–water partition coefficient (Wildman–Crippen LogP) is 6.92. The van der Waals surface area contributed by atoms with Crippen LogP contribution in [0.4, 0.5) is 0 Å². The first-order valence-corrected chi connectivity index (χ1v) is 12.4. The third-order valence-corrected chi connectivity index (χ3v) is 8.00. The molecule has 3 heterocycles. The molecule has 6 nitrogen and oxygen atoms in total. The molecular formula is C28H22Cl2N2O4. The SMILES string of the molecule is C[C@@]12CC[C@@](CCOc3cc(Cl)ccc3Cl)(O1)c1c2c(O)n(-c2ccc(C#N)c3ccccc23)c1O. The maximum absolute atomic E-state index is 11.5. The molecule has 36 heavy (non-hydrogen) atoms. The van der Waals surface area contributed by atoms with Gasteiger partial charge < -0.3 is 19.7 Å². The Balaban J connectivity index is 1.43. The molecule has 1 fully saturated rings. The summed E-state index contributed by atoms with van der Waals surface area (Å²) < 4.78 is 13.9. The van der Waals surface area contributed by atoms with Crippen molar-refractivity contribution in [3.8, 4) is 29.3 Å². The van der Waals surface area contributed by atoms with Gasteiger partial charge in [0.15, 0.2) is 0 Å². The minimum absolute atomic E-state index is 0.0553. The Morgan fingerprint density at radius 1 is 1.03 bits per heavy atom. The van der Waals surface area contributed by atoms with Crippen LogP contribution in [-0.4, -0.2) is 21.4 Å². The van der Waals surface area contributed by atoms with Crippen molar-refractivity contribution in [3.05, 3.63) is 81.3 Å². The summed E-state index contributed by atoms with van der Waals surface area (Å²) in [4.78, 5) is 0. The summed E-state index contributed by atoms with van der Waals surface area (Å²) in [6, 6.07) is 18.2. The molecule has 0 unspecified atom stereocenters. The van der Waals surface area contributed by atoms with Crippen molar-refractivity contribution in [2.24, 2.45) is 0 Å². The summed E-state index contributed by atoms with van der Waals surface area (Å²) in [6.45, 7) is 2.22. The molecule has 1 saturated heterocycles. The van der Waals surface area contributed by atoms with Gasteiger partial charge in [0, 0.05) is 28.3 Å². The average Bonchev–Trinajstić information content (AvgIpc) is 3.45. The van der Waals surface area contributed by atoms with E-state index < -0.39 is 11.2 Å². The number of ether oxygens (including phenoxy) is 2. The van der Waals surface area contributed by atoms with Gasteiger partial charge in [0.1, 0.15) is 11.4 Å². The number of benzene rings is 3. The largest absolute Gasteiger partial charge is 0.494 e. The van der Waals surface area contributed by atoms with Crippen LogP contribution in [0.15, 0.2) is 54.6 Å². The Kier molecular flexibility index (Phi) is 5.17. The monoisotopic (exact) mass is 520 g/mol. The standard InChI is InChI=1S/C28H22Cl2N2O4/c1-27-10-11-28(36-27,12-13-35-22-14-17(29)7-8-20(22)30)24-23(27)25(33)32(26(24)34)21-9-6-16(15-31)18-4-2-3-5-19(18)21/h2-9,14,33-34H,10-13H2,1H3/t27-,28-/m0/s1. The van der Waals surface area contributed by atoms with Gasteiger partial charge in [-0.25, -0.2) is 0 Å². The molecule has 2 N–H and O–H groups in total. The van der Waals surface area contributed by atoms with Crippen LogP contribution in [0.1, 0.15) is 42.9 Å². The first-order chi connectivity index (χ1) is 17.3. The molecular weight excluding hydrogens is 499 g/mol. The molecule has 2 atom stereocenters. The molecule has 0 spiro atoms. The van der Waals surface area contributed by atoms with Crippen molar-refractivity contribution in [2.75, 3.05) is 6.61 Å². The molecule has 2 aliphatic heterocycles. The van der Waals surface area contributed by atoms with E-state index in [2.05, 4.69) is 6.07 Å². The van der Waals surface area contributed by atoms with Gasteiger partial charge in [-0.1, -0.05) is 47.5 Å². The molecule has 8 heteroatoms. The molecule has 6 rings (SSSR count). The number of aromatic nitrogens is 1. The molecule has 0 saturated carbocycles. The summed E-state index contributed by atoms with van der Waals surface area (Å²) in [7, 11) is 0. The third-order valence-electron chi connectivity index (χ3n) is 7.45. The second kappa shape index (κ2) is 8.07. The number of fused-ring (bicyclic) bond motifs is 6. The lowest BCUT2D eigenvalue weighted by Gasteiger charge is -2.26. The molecule has 0 amide bonds. The molecule has 0 aliphatic carbocycles. The van der Waals surface area contributed by atoms with Crippen molar-refractivity contribution in [1.29, 1.82) is 5.26 Å². The first-order valence-electron chi connectivity index (χ1n) is 11.7. The number of hydrogen-bond acceptors (Lipinski definition) is 5. The van der Waals surface area contributed by atoms with Gasteiger partial charge in [-0.05, 0) is 44.0 Å². The maximum atomic E-state index is 11.5. The lowest BCUT2D eigenvalue weighted by Crippen LogP contribution is -2.25. The Bertz CT molecular complexity index is 1590. The minimum Gasteiger partial charge on any atom is -0.494 e. The lowest BCUT2D eigenvalue weighted by molar-refractivity contribution is -0.0876. The molecule has 2 bridgehead atoms. The highest BCUT2D eigenvalue weighted by molar-refractivity contribution is 6.34. The summed E-state index contributed by atoms with van der Waals surface area (Å²) in [5.74, 6) is 0.357. The average molecular weight is 521 g/mol. The van der Waals surface area contributed by atoms with Crippen LogP contribution in [-0.2, 0) is 15.9 Å². The summed E-state index contributed by atoms with van der Waals surface area (Å²) in [6.07, 6.45) is 1.82. The molecule has 2 aliphatic rings. The fourth-order valence-corrected chi connectivity index (χ4v) is 6.16. The number of rotatable bonds is 5. The fourth-order valence-electron chi connectivity index (χ4n) is 5.82. The summed E-state index contributed by atoms with van der Waals surface area (Å²) in [5.41, 5.74) is 0.747. The van der Waals surface area contributed by atoms with E-state index in [0.29, 0.717) is 57.4 Å². The molecule has 182 valence electrons. The zero-order valence-corrected chi connectivity index (χ0v) is 20.9. The fraction of sp³-hybridized carbons (Fsp3) is 0.250. The van der Waals surface area contributed by atoms with Crippen molar-refractivity contribution >= 4 is 34.0 Å². The van der Waals surface area contributed by atoms with Crippen LogP contribution >= 0.6 is 23.2 Å². The van der Waals surface area contributed by atoms with Crippen LogP contribution in [0.2, 0.25) is 10.0 Å². The quantitative estimate of drug-likeness (QED) is 0.298. The maximum Gasteiger partial charge on any atom is 0.205 e. The Hall–Kier alpha value is -3.37. The van der Waals surface area contributed by atoms with Crippen LogP contribution in [0, 0.1) is 11.3 Å². The third kappa shape index (κ3) is 3.20. The van der Waals surface area contributed by atoms with Gasteiger partial charge >= 0.3 is 0 Å². The highest BCUT2D eigenvalue weighted by Gasteiger charge is 2.61. The summed E-state index contributed by atoms with van der Waals surface area (Å²) >= 11 is 12.3. The molecule has 4 aromatic rings. The van der Waals surface area contributed by atoms with E-state index in [0.717, 1.165) is 10.8 Å². The van der Waals surface area contributed by atoms with Crippen LogP contribution in [0.5, 0.6) is 17.5 Å². The zero-order chi connectivity index (χ0) is 25.2. The highest BCUT2D eigenvalue weighted by atomic mass is 35.5. The first kappa shape index (κ1) is 23.1. The zero-order valence-electron chi connectivity index (χ0n) is 19.4. The number of halogens is 2. The molecule has 0 radical (unpaired) electrons. The topological polar surface area (TPSA) is 87.6 Å². The Morgan fingerprint density at radius 3 is 2.56 bits per heavy atom. The van der Waals surface area contributed by atoms with E-state index >= 15 is 0 Å². The number of nitriles is 1. The second-order valence-corrected chi connectivity index (χ2v) is 10.4. The predicted molar refractivity (Wildman–Crippen MR) is 137 cm³/mol. The van der Waals surface area contributed by atoms with Crippen molar-refractivity contribution < 1.29 is 19.7 Å². The Labute approximate surface area is 217 Å². The van der Waals surface area contributed by atoms with E-state index in [1.54, 1.807) is 30.3 Å². The van der Waals surface area contributed by atoms with E-state index in [4.69, 9.17) is 32.7 Å². The van der Waals surface area contributed by atoms with Crippen molar-refractivity contribution in [2.45, 2.75) is 37.4 Å². The normalized spacial score (nSPS) is 22.1. The highest BCUT2D eigenvalue weighted by Crippen LogP contribution is 2.65. The second-order valence-electron chi connectivity index (χ2n) is 9.52. The van der Waals surface area contributed by atoms with Crippen LogP contribution in [0.3, 0.4) is 0 Å². The minimum atomic E-state index is -0.815. The van der Waals surface area contributed by atoms with Crippen molar-refractivity contribution in [1.82, 2.24) is 4.57 Å². The van der Waals surface area contributed by atoms with Gasteiger partial charge in [-0.2, -0.15) is 5.26 Å². The van der Waals surface area contributed by atoms with Gasteiger partial charge in [0.05, 0.1) is 45.7 Å². The number of aromatic hydroxyl groups is 2. The smallest absolute Gasteiger partial charge is 0.205 e.